The van der Waals surface area contributed by atoms with E-state index in [0.717, 1.165) is 18.5 Å². The van der Waals surface area contributed by atoms with Crippen molar-refractivity contribution in [3.05, 3.63) is 27.1 Å². The molecule has 0 spiro atoms. The molecule has 1 saturated carbocycles. The van der Waals surface area contributed by atoms with Crippen molar-refractivity contribution in [3.63, 3.8) is 0 Å². The van der Waals surface area contributed by atoms with Crippen molar-refractivity contribution in [2.45, 2.75) is 50.3 Å². The number of rotatable bonds is 1. The summed E-state index contributed by atoms with van der Waals surface area (Å²) in [6.45, 7) is 0. The first kappa shape index (κ1) is 12.7. The van der Waals surface area contributed by atoms with Gasteiger partial charge in [-0.05, 0) is 24.2 Å². The predicted octanol–water partition coefficient (Wildman–Crippen LogP) is 2.00. The van der Waals surface area contributed by atoms with E-state index in [-0.39, 0.29) is 15.9 Å². The second-order valence-corrected chi connectivity index (χ2v) is 5.67. The lowest BCUT2D eigenvalue weighted by molar-refractivity contribution is 0.406. The number of H-pyrrole nitrogens is 1. The van der Waals surface area contributed by atoms with Gasteiger partial charge in [0.1, 0.15) is 12.9 Å². The van der Waals surface area contributed by atoms with Crippen LogP contribution in [0.25, 0.3) is 0 Å². The molecule has 1 aliphatic rings. The Hall–Kier alpha value is -0.765. The molecule has 1 N–H and O–H groups in total. The highest BCUT2D eigenvalue weighted by Crippen LogP contribution is 2.33. The largest absolute Gasteiger partial charge is 0.282 e. The van der Waals surface area contributed by atoms with Crippen molar-refractivity contribution in [3.8, 4) is 0 Å². The van der Waals surface area contributed by atoms with Gasteiger partial charge in [0.25, 0.3) is 5.56 Å². The fourth-order valence-electron chi connectivity index (χ4n) is 2.63. The summed E-state index contributed by atoms with van der Waals surface area (Å²) in [5, 5.41) is 6.99. The maximum absolute atomic E-state index is 11.2. The summed E-state index contributed by atoms with van der Waals surface area (Å²) in [4.78, 5) is 11.2. The molecule has 17 heavy (non-hydrogen) atoms. The summed E-state index contributed by atoms with van der Waals surface area (Å²) >= 11 is 5.88. The second kappa shape index (κ2) is 5.26. The van der Waals surface area contributed by atoms with Gasteiger partial charge in [-0.25, -0.2) is 5.10 Å². The zero-order chi connectivity index (χ0) is 12.3. The van der Waals surface area contributed by atoms with Crippen LogP contribution in [0.4, 0.5) is 0 Å². The van der Waals surface area contributed by atoms with Crippen molar-refractivity contribution in [2.75, 3.05) is 0 Å². The molecule has 92 valence electrons. The SMILES string of the molecule is BC1(c2cc(Cl)c(=O)[nH]n2)CCCCCCC1. The first-order valence-corrected chi connectivity index (χ1v) is 6.75. The topological polar surface area (TPSA) is 45.8 Å². The third-order valence-electron chi connectivity index (χ3n) is 3.83. The molecule has 0 atom stereocenters. The quantitative estimate of drug-likeness (QED) is 0.777. The van der Waals surface area contributed by atoms with E-state index in [9.17, 15) is 4.79 Å². The van der Waals surface area contributed by atoms with Gasteiger partial charge in [0.15, 0.2) is 0 Å². The molecule has 0 aliphatic heterocycles. The van der Waals surface area contributed by atoms with Gasteiger partial charge in [-0.2, -0.15) is 5.10 Å². The normalized spacial score (nSPS) is 20.5. The number of nitrogens with one attached hydrogen (secondary N) is 1. The van der Waals surface area contributed by atoms with Crippen LogP contribution in [0.15, 0.2) is 10.9 Å². The Morgan fingerprint density at radius 1 is 1.24 bits per heavy atom. The number of hydrogen-bond acceptors (Lipinski definition) is 2. The lowest BCUT2D eigenvalue weighted by Crippen LogP contribution is -2.30. The third-order valence-corrected chi connectivity index (χ3v) is 4.11. The minimum atomic E-state index is -0.301. The van der Waals surface area contributed by atoms with E-state index in [1.54, 1.807) is 6.07 Å². The van der Waals surface area contributed by atoms with Gasteiger partial charge in [-0.1, -0.05) is 43.7 Å². The Labute approximate surface area is 107 Å². The molecule has 0 bridgehead atoms. The zero-order valence-corrected chi connectivity index (χ0v) is 11.0. The lowest BCUT2D eigenvalue weighted by Gasteiger charge is -2.30. The zero-order valence-electron chi connectivity index (χ0n) is 10.3. The predicted molar refractivity (Wildman–Crippen MR) is 72.4 cm³/mol. The summed E-state index contributed by atoms with van der Waals surface area (Å²) in [7, 11) is 2.23. The van der Waals surface area contributed by atoms with E-state index >= 15 is 0 Å². The molecule has 1 fully saturated rings. The van der Waals surface area contributed by atoms with Crippen LogP contribution < -0.4 is 5.56 Å². The van der Waals surface area contributed by atoms with Crippen molar-refractivity contribution in [1.29, 1.82) is 0 Å². The Bertz CT molecular complexity index is 438. The monoisotopic (exact) mass is 252 g/mol. The minimum Gasteiger partial charge on any atom is -0.266 e. The Morgan fingerprint density at radius 3 is 2.41 bits per heavy atom. The van der Waals surface area contributed by atoms with Crippen LogP contribution in [-0.4, -0.2) is 18.0 Å². The summed E-state index contributed by atoms with van der Waals surface area (Å²) < 4.78 is 0. The summed E-state index contributed by atoms with van der Waals surface area (Å²) in [6, 6.07) is 1.74. The number of nitrogens with zero attached hydrogens (tertiary/aromatic N) is 1. The summed E-state index contributed by atoms with van der Waals surface area (Å²) in [6.07, 6.45) is 8.66. The molecule has 0 saturated heterocycles. The van der Waals surface area contributed by atoms with Gasteiger partial charge in [-0.15, -0.1) is 0 Å². The molecule has 2 rings (SSSR count). The van der Waals surface area contributed by atoms with Crippen LogP contribution >= 0.6 is 11.6 Å². The van der Waals surface area contributed by atoms with Crippen LogP contribution in [0.1, 0.15) is 50.6 Å². The standard InChI is InChI=1S/C12H18BClN2O/c13-12(6-4-2-1-3-5-7-12)10-8-9(14)11(17)16-15-10/h8H,1-7,13H2,(H,16,17). The number of halogens is 1. The van der Waals surface area contributed by atoms with Crippen LogP contribution in [-0.2, 0) is 5.31 Å². The molecule has 0 amide bonds. The Kier molecular flexibility index (Phi) is 3.92. The average Bonchev–Trinajstić information content (AvgIpc) is 2.28. The third kappa shape index (κ3) is 2.92. The molecule has 0 radical (unpaired) electrons. The van der Waals surface area contributed by atoms with Crippen molar-refractivity contribution in [1.82, 2.24) is 10.2 Å². The van der Waals surface area contributed by atoms with Gasteiger partial charge >= 0.3 is 0 Å². The maximum Gasteiger partial charge on any atom is 0.282 e. The first-order valence-electron chi connectivity index (χ1n) is 6.37. The molecule has 5 heteroatoms. The van der Waals surface area contributed by atoms with E-state index in [1.807, 2.05) is 0 Å². The van der Waals surface area contributed by atoms with E-state index in [0.29, 0.717) is 0 Å². The molecule has 3 nitrogen and oxygen atoms in total. The summed E-state index contributed by atoms with van der Waals surface area (Å²) in [5.74, 6) is 0. The molecular weight excluding hydrogens is 234 g/mol. The molecule has 0 aromatic carbocycles. The van der Waals surface area contributed by atoms with Gasteiger partial charge in [-0.3, -0.25) is 4.79 Å². The van der Waals surface area contributed by atoms with Gasteiger partial charge in [0.2, 0.25) is 0 Å². The van der Waals surface area contributed by atoms with Gasteiger partial charge in [0, 0.05) is 0 Å². The van der Waals surface area contributed by atoms with E-state index in [4.69, 9.17) is 11.6 Å². The molecular formula is C12H18BClN2O. The number of aromatic nitrogens is 2. The van der Waals surface area contributed by atoms with E-state index in [1.165, 1.54) is 32.1 Å². The lowest BCUT2D eigenvalue weighted by atomic mass is 9.60. The van der Waals surface area contributed by atoms with Crippen LogP contribution in [0, 0.1) is 0 Å². The number of aromatic amines is 1. The smallest absolute Gasteiger partial charge is 0.266 e. The molecule has 1 aromatic rings. The maximum atomic E-state index is 11.2. The molecule has 0 unspecified atom stereocenters. The minimum absolute atomic E-state index is 0.0638. The molecule has 1 heterocycles. The van der Waals surface area contributed by atoms with E-state index < -0.39 is 0 Å². The second-order valence-electron chi connectivity index (χ2n) is 5.26. The van der Waals surface area contributed by atoms with Crippen molar-refractivity contribution in [2.24, 2.45) is 0 Å². The van der Waals surface area contributed by atoms with Gasteiger partial charge in [0.05, 0.1) is 5.69 Å². The van der Waals surface area contributed by atoms with Crippen molar-refractivity contribution < 1.29 is 0 Å². The highest BCUT2D eigenvalue weighted by atomic mass is 35.5. The van der Waals surface area contributed by atoms with Crippen LogP contribution in [0.3, 0.4) is 0 Å². The number of hydrogen-bond donors (Lipinski definition) is 1. The average molecular weight is 253 g/mol. The molecule has 1 aromatic heterocycles. The fourth-order valence-corrected chi connectivity index (χ4v) is 2.78. The highest BCUT2D eigenvalue weighted by Gasteiger charge is 2.29. The molecule has 1 aliphatic carbocycles. The Morgan fingerprint density at radius 2 is 1.82 bits per heavy atom. The van der Waals surface area contributed by atoms with Gasteiger partial charge < -0.3 is 0 Å². The van der Waals surface area contributed by atoms with Crippen LogP contribution in [0.5, 0.6) is 0 Å². The van der Waals surface area contributed by atoms with Crippen molar-refractivity contribution >= 4 is 19.4 Å². The highest BCUT2D eigenvalue weighted by molar-refractivity contribution is 6.30. The van der Waals surface area contributed by atoms with E-state index in [2.05, 4.69) is 18.0 Å². The fraction of sp³-hybridized carbons (Fsp3) is 0.667. The van der Waals surface area contributed by atoms with Crippen LogP contribution in [0.2, 0.25) is 5.02 Å². The Balaban J connectivity index is 2.27. The first-order chi connectivity index (χ1) is 8.12. The summed E-state index contributed by atoms with van der Waals surface area (Å²) in [5.41, 5.74) is 0.633.